The molecular weight excluding hydrogens is 356 g/mol. The van der Waals surface area contributed by atoms with Gasteiger partial charge in [-0.2, -0.15) is 0 Å². The van der Waals surface area contributed by atoms with Crippen molar-refractivity contribution in [2.24, 2.45) is 5.92 Å². The monoisotopic (exact) mass is 382 g/mol. The number of hydrogen-bond donors (Lipinski definition) is 2. The number of benzene rings is 1. The lowest BCUT2D eigenvalue weighted by Crippen LogP contribution is -2.61. The van der Waals surface area contributed by atoms with Crippen molar-refractivity contribution in [3.8, 4) is 0 Å². The maximum atomic E-state index is 13.1. The van der Waals surface area contributed by atoms with E-state index >= 15 is 0 Å². The molecule has 2 fully saturated rings. The molecule has 2 aromatic rings. The largest absolute Gasteiger partial charge is 0.351 e. The first-order valence-electron chi connectivity index (χ1n) is 9.71. The third kappa shape index (κ3) is 3.04. The lowest BCUT2D eigenvalue weighted by Gasteiger charge is -2.43. The Hall–Kier alpha value is -2.83. The molecule has 0 saturated carbocycles. The summed E-state index contributed by atoms with van der Waals surface area (Å²) in [6.45, 7) is 7.24. The normalized spacial score (nSPS) is 24.3. The number of likely N-dealkylation sites (tertiary alicyclic amines) is 2. The Labute approximate surface area is 164 Å². The van der Waals surface area contributed by atoms with Gasteiger partial charge in [0.15, 0.2) is 0 Å². The Kier molecular flexibility index (Phi) is 4.40. The smallest absolute Gasteiger partial charge is 0.270 e. The maximum Gasteiger partial charge on any atom is 0.270 e. The zero-order valence-corrected chi connectivity index (χ0v) is 16.5. The van der Waals surface area contributed by atoms with Crippen LogP contribution in [-0.2, 0) is 9.59 Å². The number of nitrogens with zero attached hydrogens (tertiary/aromatic N) is 2. The summed E-state index contributed by atoms with van der Waals surface area (Å²) in [6, 6.07) is 7.89. The molecule has 2 aliphatic rings. The van der Waals surface area contributed by atoms with Crippen LogP contribution in [0.25, 0.3) is 10.9 Å². The number of H-pyrrole nitrogens is 1. The molecule has 7 nitrogen and oxygen atoms in total. The average molecular weight is 382 g/mol. The van der Waals surface area contributed by atoms with E-state index in [2.05, 4.69) is 10.3 Å². The van der Waals surface area contributed by atoms with Crippen LogP contribution in [0.3, 0.4) is 0 Å². The molecule has 7 heteroatoms. The summed E-state index contributed by atoms with van der Waals surface area (Å²) in [5.74, 6) is -0.0956. The van der Waals surface area contributed by atoms with Crippen molar-refractivity contribution in [1.82, 2.24) is 20.1 Å². The molecule has 2 aliphatic heterocycles. The van der Waals surface area contributed by atoms with Gasteiger partial charge in [-0.15, -0.1) is 0 Å². The number of fused-ring (bicyclic) bond motifs is 2. The lowest BCUT2D eigenvalue weighted by molar-refractivity contribution is -0.128. The Bertz CT molecular complexity index is 966. The molecule has 4 rings (SSSR count). The lowest BCUT2D eigenvalue weighted by atomic mass is 9.80. The number of piperidine rings is 1. The second-order valence-corrected chi connectivity index (χ2v) is 8.15. The fourth-order valence-electron chi connectivity index (χ4n) is 4.75. The highest BCUT2D eigenvalue weighted by molar-refractivity contribution is 5.99. The van der Waals surface area contributed by atoms with Crippen molar-refractivity contribution < 1.29 is 14.4 Å². The Morgan fingerprint density at radius 2 is 1.93 bits per heavy atom. The van der Waals surface area contributed by atoms with E-state index in [4.69, 9.17) is 0 Å². The number of amides is 3. The number of rotatable bonds is 2. The van der Waals surface area contributed by atoms with E-state index in [9.17, 15) is 14.4 Å². The molecule has 2 atom stereocenters. The molecular formula is C21H26N4O3. The number of aryl methyl sites for hydroxylation is 1. The minimum absolute atomic E-state index is 0.00287. The quantitative estimate of drug-likeness (QED) is 0.829. The van der Waals surface area contributed by atoms with E-state index in [1.807, 2.05) is 36.1 Å². The molecule has 148 valence electrons. The molecule has 1 aromatic carbocycles. The van der Waals surface area contributed by atoms with Crippen LogP contribution in [0.15, 0.2) is 24.3 Å². The molecule has 0 radical (unpaired) electrons. The van der Waals surface area contributed by atoms with Crippen molar-refractivity contribution in [3.63, 3.8) is 0 Å². The van der Waals surface area contributed by atoms with E-state index in [0.717, 1.165) is 16.5 Å². The molecule has 0 bridgehead atoms. The van der Waals surface area contributed by atoms with Gasteiger partial charge in [-0.1, -0.05) is 12.1 Å². The van der Waals surface area contributed by atoms with Crippen molar-refractivity contribution in [1.29, 1.82) is 0 Å². The molecule has 0 unspecified atom stereocenters. The molecule has 3 heterocycles. The SMILES string of the molecule is CC(=O)N[C@@]12CCN(C(=O)c3cc4c(C)cccc4[nH]3)C[C@@H]1CN(C(C)=O)C2. The van der Waals surface area contributed by atoms with Gasteiger partial charge in [-0.05, 0) is 31.0 Å². The summed E-state index contributed by atoms with van der Waals surface area (Å²) in [5, 5.41) is 4.15. The summed E-state index contributed by atoms with van der Waals surface area (Å²) in [6.07, 6.45) is 0.645. The first-order valence-corrected chi connectivity index (χ1v) is 9.71. The molecule has 1 aromatic heterocycles. The Morgan fingerprint density at radius 1 is 1.18 bits per heavy atom. The van der Waals surface area contributed by atoms with Gasteiger partial charge in [0, 0.05) is 56.8 Å². The molecule has 2 N–H and O–H groups in total. The van der Waals surface area contributed by atoms with Crippen LogP contribution in [0.1, 0.15) is 36.3 Å². The fraction of sp³-hybridized carbons (Fsp3) is 0.476. The molecule has 3 amide bonds. The number of aromatic amines is 1. The second-order valence-electron chi connectivity index (χ2n) is 8.15. The van der Waals surface area contributed by atoms with Crippen molar-refractivity contribution in [2.45, 2.75) is 32.7 Å². The van der Waals surface area contributed by atoms with Crippen LogP contribution < -0.4 is 5.32 Å². The number of carbonyl (C=O) groups is 3. The van der Waals surface area contributed by atoms with Crippen molar-refractivity contribution in [3.05, 3.63) is 35.5 Å². The highest BCUT2D eigenvalue weighted by Gasteiger charge is 2.51. The van der Waals surface area contributed by atoms with Crippen LogP contribution in [-0.4, -0.2) is 64.2 Å². The zero-order valence-electron chi connectivity index (χ0n) is 16.5. The van der Waals surface area contributed by atoms with E-state index < -0.39 is 5.54 Å². The molecule has 2 saturated heterocycles. The van der Waals surface area contributed by atoms with Crippen molar-refractivity contribution in [2.75, 3.05) is 26.2 Å². The van der Waals surface area contributed by atoms with Gasteiger partial charge < -0.3 is 20.1 Å². The molecule has 0 aliphatic carbocycles. The summed E-state index contributed by atoms with van der Waals surface area (Å²) in [4.78, 5) is 43.7. The first kappa shape index (κ1) is 18.5. The maximum absolute atomic E-state index is 13.1. The summed E-state index contributed by atoms with van der Waals surface area (Å²) in [5.41, 5.74) is 2.23. The Balaban J connectivity index is 1.57. The van der Waals surface area contributed by atoms with Crippen LogP contribution >= 0.6 is 0 Å². The summed E-state index contributed by atoms with van der Waals surface area (Å²) < 4.78 is 0. The van der Waals surface area contributed by atoms with E-state index in [0.29, 0.717) is 38.3 Å². The highest BCUT2D eigenvalue weighted by Crippen LogP contribution is 2.36. The van der Waals surface area contributed by atoms with Crippen LogP contribution in [0, 0.1) is 12.8 Å². The fourth-order valence-corrected chi connectivity index (χ4v) is 4.75. The van der Waals surface area contributed by atoms with Gasteiger partial charge in [0.05, 0.1) is 5.54 Å². The second kappa shape index (κ2) is 6.65. The average Bonchev–Trinajstić information content (AvgIpc) is 3.22. The van der Waals surface area contributed by atoms with E-state index in [1.165, 1.54) is 6.92 Å². The van der Waals surface area contributed by atoms with Crippen LogP contribution in [0.2, 0.25) is 0 Å². The van der Waals surface area contributed by atoms with Gasteiger partial charge >= 0.3 is 0 Å². The third-order valence-electron chi connectivity index (χ3n) is 6.23. The van der Waals surface area contributed by atoms with Crippen LogP contribution in [0.5, 0.6) is 0 Å². The van der Waals surface area contributed by atoms with Crippen LogP contribution in [0.4, 0.5) is 0 Å². The standard InChI is InChI=1S/C21H26N4O3/c1-13-5-4-6-18-17(13)9-19(22-18)20(28)24-8-7-21(23-14(2)26)12-25(15(3)27)11-16(21)10-24/h4-6,9,16,22H,7-8,10-12H2,1-3H3,(H,23,26)/t16-,21-/m1/s1. The van der Waals surface area contributed by atoms with Gasteiger partial charge in [0.2, 0.25) is 11.8 Å². The zero-order chi connectivity index (χ0) is 20.1. The first-order chi connectivity index (χ1) is 13.3. The van der Waals surface area contributed by atoms with Crippen molar-refractivity contribution >= 4 is 28.6 Å². The minimum atomic E-state index is -0.439. The van der Waals surface area contributed by atoms with Gasteiger partial charge in [0.25, 0.3) is 5.91 Å². The molecule has 28 heavy (non-hydrogen) atoms. The number of nitrogens with one attached hydrogen (secondary N) is 2. The topological polar surface area (TPSA) is 85.5 Å². The third-order valence-corrected chi connectivity index (χ3v) is 6.23. The molecule has 0 spiro atoms. The number of carbonyl (C=O) groups excluding carboxylic acids is 3. The summed E-state index contributed by atoms with van der Waals surface area (Å²) in [7, 11) is 0. The van der Waals surface area contributed by atoms with E-state index in [1.54, 1.807) is 11.8 Å². The number of hydrogen-bond acceptors (Lipinski definition) is 3. The van der Waals surface area contributed by atoms with Gasteiger partial charge in [-0.3, -0.25) is 14.4 Å². The van der Waals surface area contributed by atoms with Gasteiger partial charge in [0.1, 0.15) is 5.69 Å². The number of aromatic nitrogens is 1. The predicted molar refractivity (Wildman–Crippen MR) is 106 cm³/mol. The minimum Gasteiger partial charge on any atom is -0.351 e. The van der Waals surface area contributed by atoms with E-state index in [-0.39, 0.29) is 23.6 Å². The van der Waals surface area contributed by atoms with Gasteiger partial charge in [-0.25, -0.2) is 0 Å². The summed E-state index contributed by atoms with van der Waals surface area (Å²) >= 11 is 0. The highest BCUT2D eigenvalue weighted by atomic mass is 16.2. The predicted octanol–water partition coefficient (Wildman–Crippen LogP) is 1.68. The Morgan fingerprint density at radius 3 is 2.61 bits per heavy atom.